The van der Waals surface area contributed by atoms with Crippen LogP contribution in [0.15, 0.2) is 10.4 Å². The summed E-state index contributed by atoms with van der Waals surface area (Å²) in [5, 5.41) is 10.7. The summed E-state index contributed by atoms with van der Waals surface area (Å²) >= 11 is 1.80. The van der Waals surface area contributed by atoms with Crippen molar-refractivity contribution in [3.8, 4) is 0 Å². The third-order valence-corrected chi connectivity index (χ3v) is 7.95. The van der Waals surface area contributed by atoms with Crippen molar-refractivity contribution >= 4 is 41.3 Å². The molecule has 0 bridgehead atoms. The first-order chi connectivity index (χ1) is 14.7. The minimum atomic E-state index is 0. The van der Waals surface area contributed by atoms with Crippen LogP contribution in [0.5, 0.6) is 0 Å². The Kier molecular flexibility index (Phi) is 12.1. The van der Waals surface area contributed by atoms with Gasteiger partial charge in [-0.3, -0.25) is 9.89 Å². The summed E-state index contributed by atoms with van der Waals surface area (Å²) < 4.78 is 5.36. The fraction of sp³-hybridized carbons (Fsp3) is 0.826. The Morgan fingerprint density at radius 1 is 1.29 bits per heavy atom. The van der Waals surface area contributed by atoms with E-state index in [2.05, 4.69) is 32.8 Å². The number of thiazole rings is 1. The highest BCUT2D eigenvalue weighted by Crippen LogP contribution is 2.40. The number of ether oxygens (including phenoxy) is 1. The highest BCUT2D eigenvalue weighted by atomic mass is 127. The molecule has 0 aromatic carbocycles. The molecule has 6 nitrogen and oxygen atoms in total. The molecular weight excluding hydrogens is 521 g/mol. The number of hydrogen-bond acceptors (Lipinski definition) is 5. The Balaban J connectivity index is 0.00000341. The molecule has 0 radical (unpaired) electrons. The second-order valence-electron chi connectivity index (χ2n) is 9.06. The third-order valence-electron chi connectivity index (χ3n) is 6.91. The van der Waals surface area contributed by atoms with Crippen molar-refractivity contribution in [3.63, 3.8) is 0 Å². The summed E-state index contributed by atoms with van der Waals surface area (Å²) in [6.07, 6.45) is 9.97. The van der Waals surface area contributed by atoms with Crippen molar-refractivity contribution in [2.45, 2.75) is 64.8 Å². The average Bonchev–Trinajstić information content (AvgIpc) is 3.43. The van der Waals surface area contributed by atoms with Gasteiger partial charge in [0, 0.05) is 45.8 Å². The lowest BCUT2D eigenvalue weighted by Crippen LogP contribution is -2.46. The van der Waals surface area contributed by atoms with E-state index in [4.69, 9.17) is 9.72 Å². The van der Waals surface area contributed by atoms with Gasteiger partial charge in [-0.15, -0.1) is 35.3 Å². The van der Waals surface area contributed by atoms with Crippen LogP contribution >= 0.6 is 35.3 Å². The Bertz CT molecular complexity index is 654. The van der Waals surface area contributed by atoms with Crippen LogP contribution in [0.4, 0.5) is 0 Å². The Morgan fingerprint density at radius 2 is 2.03 bits per heavy atom. The number of hydrogen-bond donors (Lipinski definition) is 2. The molecule has 8 heteroatoms. The molecule has 0 spiro atoms. The third kappa shape index (κ3) is 8.44. The number of nitrogens with zero attached hydrogens (tertiary/aromatic N) is 3. The molecule has 2 aliphatic rings. The second kappa shape index (κ2) is 14.0. The highest BCUT2D eigenvalue weighted by molar-refractivity contribution is 14.0. The van der Waals surface area contributed by atoms with Crippen molar-refractivity contribution in [3.05, 3.63) is 16.1 Å². The Morgan fingerprint density at radius 3 is 2.65 bits per heavy atom. The SMILES string of the molecule is CCc1nc(CN2CCC(CNC(=NC)NCC3(CCOC)CCCC3)CC2)cs1.I. The smallest absolute Gasteiger partial charge is 0.191 e. The van der Waals surface area contributed by atoms with Crippen LogP contribution in [0.25, 0.3) is 0 Å². The maximum Gasteiger partial charge on any atom is 0.191 e. The summed E-state index contributed by atoms with van der Waals surface area (Å²) in [6, 6.07) is 0. The van der Waals surface area contributed by atoms with Crippen LogP contribution in [0, 0.1) is 11.3 Å². The Hall–Kier alpha value is -0.450. The number of aryl methyl sites for hydroxylation is 1. The summed E-state index contributed by atoms with van der Waals surface area (Å²) in [5.74, 6) is 1.67. The quantitative estimate of drug-likeness (QED) is 0.253. The van der Waals surface area contributed by atoms with E-state index in [-0.39, 0.29) is 24.0 Å². The molecule has 178 valence electrons. The van der Waals surface area contributed by atoms with Gasteiger partial charge in [0.2, 0.25) is 0 Å². The van der Waals surface area contributed by atoms with Crippen molar-refractivity contribution in [1.29, 1.82) is 0 Å². The van der Waals surface area contributed by atoms with Gasteiger partial charge in [0.25, 0.3) is 0 Å². The van der Waals surface area contributed by atoms with Crippen LogP contribution in [-0.4, -0.2) is 62.8 Å². The van der Waals surface area contributed by atoms with Gasteiger partial charge >= 0.3 is 0 Å². The van der Waals surface area contributed by atoms with Crippen LogP contribution < -0.4 is 10.6 Å². The molecule has 0 amide bonds. The molecule has 2 heterocycles. The molecule has 1 saturated carbocycles. The summed E-state index contributed by atoms with van der Waals surface area (Å²) in [4.78, 5) is 11.7. The Labute approximate surface area is 210 Å². The number of guanidine groups is 1. The van der Waals surface area contributed by atoms with Gasteiger partial charge in [0.1, 0.15) is 0 Å². The van der Waals surface area contributed by atoms with E-state index < -0.39 is 0 Å². The molecule has 1 saturated heterocycles. The number of methoxy groups -OCH3 is 1. The lowest BCUT2D eigenvalue weighted by molar-refractivity contribution is 0.138. The second-order valence-corrected chi connectivity index (χ2v) is 10.0. The average molecular weight is 564 g/mol. The molecule has 2 N–H and O–H groups in total. The molecule has 31 heavy (non-hydrogen) atoms. The maximum absolute atomic E-state index is 5.36. The van der Waals surface area contributed by atoms with Gasteiger partial charge < -0.3 is 15.4 Å². The van der Waals surface area contributed by atoms with Gasteiger partial charge in [-0.05, 0) is 62.9 Å². The number of nitrogens with one attached hydrogen (secondary N) is 2. The van der Waals surface area contributed by atoms with E-state index >= 15 is 0 Å². The fourth-order valence-corrected chi connectivity index (χ4v) is 5.59. The van der Waals surface area contributed by atoms with Crippen LogP contribution in [0.3, 0.4) is 0 Å². The topological polar surface area (TPSA) is 61.8 Å². The largest absolute Gasteiger partial charge is 0.385 e. The zero-order valence-electron chi connectivity index (χ0n) is 19.6. The van der Waals surface area contributed by atoms with Gasteiger partial charge in [-0.25, -0.2) is 4.98 Å². The van der Waals surface area contributed by atoms with Crippen LogP contribution in [0.1, 0.15) is 62.6 Å². The van der Waals surface area contributed by atoms with Gasteiger partial charge in [0.15, 0.2) is 5.96 Å². The molecule has 3 rings (SSSR count). The molecule has 2 fully saturated rings. The van der Waals surface area contributed by atoms with Gasteiger partial charge in [-0.1, -0.05) is 19.8 Å². The monoisotopic (exact) mass is 563 g/mol. The van der Waals surface area contributed by atoms with E-state index in [1.807, 2.05) is 7.05 Å². The zero-order valence-corrected chi connectivity index (χ0v) is 22.8. The number of halogens is 1. The van der Waals surface area contributed by atoms with E-state index in [0.29, 0.717) is 5.41 Å². The predicted octanol–water partition coefficient (Wildman–Crippen LogP) is 4.30. The number of aliphatic imine (C=N–C) groups is 1. The predicted molar refractivity (Wildman–Crippen MR) is 142 cm³/mol. The van der Waals surface area contributed by atoms with E-state index in [1.54, 1.807) is 18.4 Å². The maximum atomic E-state index is 5.36. The zero-order chi connectivity index (χ0) is 21.2. The first-order valence-corrected chi connectivity index (χ1v) is 12.6. The molecule has 1 aliphatic carbocycles. The minimum Gasteiger partial charge on any atom is -0.385 e. The van der Waals surface area contributed by atoms with Crippen LogP contribution in [0.2, 0.25) is 0 Å². The summed E-state index contributed by atoms with van der Waals surface area (Å²) in [5.41, 5.74) is 1.62. The van der Waals surface area contributed by atoms with E-state index in [1.165, 1.54) is 49.2 Å². The van der Waals surface area contributed by atoms with Gasteiger partial charge in [0.05, 0.1) is 10.7 Å². The number of rotatable bonds is 10. The molecule has 1 aromatic rings. The first-order valence-electron chi connectivity index (χ1n) is 11.8. The van der Waals surface area contributed by atoms with E-state index in [0.717, 1.165) is 64.0 Å². The lowest BCUT2D eigenvalue weighted by atomic mass is 9.83. The minimum absolute atomic E-state index is 0. The molecule has 1 aliphatic heterocycles. The number of piperidine rings is 1. The fourth-order valence-electron chi connectivity index (χ4n) is 4.85. The normalized spacial score (nSPS) is 19.9. The van der Waals surface area contributed by atoms with Gasteiger partial charge in [-0.2, -0.15) is 0 Å². The lowest BCUT2D eigenvalue weighted by Gasteiger charge is -2.32. The molecule has 1 aromatic heterocycles. The van der Waals surface area contributed by atoms with E-state index in [9.17, 15) is 0 Å². The van der Waals surface area contributed by atoms with Crippen molar-refractivity contribution < 1.29 is 4.74 Å². The molecule has 0 unspecified atom stereocenters. The van der Waals surface area contributed by atoms with Crippen molar-refractivity contribution in [1.82, 2.24) is 20.5 Å². The van der Waals surface area contributed by atoms with Crippen molar-refractivity contribution in [2.24, 2.45) is 16.3 Å². The van der Waals surface area contributed by atoms with Crippen LogP contribution in [-0.2, 0) is 17.7 Å². The summed E-state index contributed by atoms with van der Waals surface area (Å²) in [6.45, 7) is 8.37. The molecule has 0 atom stereocenters. The molecular formula is C23H42IN5OS. The highest BCUT2D eigenvalue weighted by Gasteiger charge is 2.33. The van der Waals surface area contributed by atoms with Crippen molar-refractivity contribution in [2.75, 3.05) is 46.9 Å². The number of aromatic nitrogens is 1. The summed E-state index contributed by atoms with van der Waals surface area (Å²) in [7, 11) is 3.69. The number of likely N-dealkylation sites (tertiary alicyclic amines) is 1. The standard InChI is InChI=1S/C23H41N5OS.HI/c1-4-21-27-20(17-30-21)16-28-12-7-19(8-13-28)15-25-22(24-2)26-18-23(11-14-29-3)9-5-6-10-23;/h17,19H,4-16,18H2,1-3H3,(H2,24,25,26);1H. The first kappa shape index (κ1) is 26.8.